The molecule has 0 amide bonds. The quantitative estimate of drug-likeness (QED) is 0.778. The number of nitrogens with zero attached hydrogens (tertiary/aromatic N) is 1. The second-order valence-electron chi connectivity index (χ2n) is 4.23. The molecule has 90 valence electrons. The number of nitrogens with one attached hydrogen (secondary N) is 1. The number of oxazole rings is 1. The average Bonchev–Trinajstić information content (AvgIpc) is 2.79. The summed E-state index contributed by atoms with van der Waals surface area (Å²) in [6, 6.07) is 0. The van der Waals surface area contributed by atoms with Crippen molar-refractivity contribution in [1.29, 1.82) is 0 Å². The molecule has 0 atom stereocenters. The molecule has 16 heavy (non-hydrogen) atoms. The van der Waals surface area contributed by atoms with Gasteiger partial charge in [-0.3, -0.25) is 0 Å². The number of hydrogen-bond donors (Lipinski definition) is 1. The lowest BCUT2D eigenvalue weighted by molar-refractivity contribution is 0.0804. The third-order valence-corrected chi connectivity index (χ3v) is 2.98. The fourth-order valence-corrected chi connectivity index (χ4v) is 2.09. The van der Waals surface area contributed by atoms with Crippen LogP contribution in [0.5, 0.6) is 0 Å². The molecule has 1 aliphatic rings. The third kappa shape index (κ3) is 2.83. The molecule has 0 bridgehead atoms. The Labute approximate surface area is 96.4 Å². The van der Waals surface area contributed by atoms with Gasteiger partial charge in [0.15, 0.2) is 6.39 Å². The Morgan fingerprint density at radius 2 is 2.25 bits per heavy atom. The van der Waals surface area contributed by atoms with E-state index in [-0.39, 0.29) is 0 Å². The Morgan fingerprint density at radius 3 is 3.00 bits per heavy atom. The number of hydrogen-bond acceptors (Lipinski definition) is 4. The lowest BCUT2D eigenvalue weighted by atomic mass is 9.96. The van der Waals surface area contributed by atoms with Gasteiger partial charge in [0.2, 0.25) is 0 Å². The molecule has 0 aromatic carbocycles. The van der Waals surface area contributed by atoms with Gasteiger partial charge in [0.05, 0.1) is 5.69 Å². The predicted octanol–water partition coefficient (Wildman–Crippen LogP) is 2.07. The van der Waals surface area contributed by atoms with E-state index in [0.29, 0.717) is 5.92 Å². The van der Waals surface area contributed by atoms with Gasteiger partial charge in [-0.1, -0.05) is 6.92 Å². The number of ether oxygens (including phenoxy) is 1. The van der Waals surface area contributed by atoms with Gasteiger partial charge in [-0.2, -0.15) is 0 Å². The molecule has 0 unspecified atom stereocenters. The Bertz CT molecular complexity index is 306. The number of rotatable bonds is 5. The van der Waals surface area contributed by atoms with Crippen LogP contribution in [0.1, 0.15) is 43.6 Å². The standard InChI is InChI=1S/C12H20N2O2/c1-2-5-13-8-11-12(16-9-14-11)10-3-6-15-7-4-10/h9-10,13H,2-8H2,1H3. The van der Waals surface area contributed by atoms with Crippen molar-refractivity contribution in [2.24, 2.45) is 0 Å². The van der Waals surface area contributed by atoms with Crippen LogP contribution in [0.25, 0.3) is 0 Å². The zero-order valence-corrected chi connectivity index (χ0v) is 9.87. The Balaban J connectivity index is 1.94. The van der Waals surface area contributed by atoms with Gasteiger partial charge in [0, 0.05) is 25.7 Å². The van der Waals surface area contributed by atoms with Crippen LogP contribution in [0.4, 0.5) is 0 Å². The topological polar surface area (TPSA) is 47.3 Å². The second kappa shape index (κ2) is 6.01. The SMILES string of the molecule is CCCNCc1ncoc1C1CCOCC1. The minimum Gasteiger partial charge on any atom is -0.448 e. The lowest BCUT2D eigenvalue weighted by Gasteiger charge is -2.20. The second-order valence-corrected chi connectivity index (χ2v) is 4.23. The molecule has 0 spiro atoms. The molecule has 1 fully saturated rings. The monoisotopic (exact) mass is 224 g/mol. The van der Waals surface area contributed by atoms with Gasteiger partial charge in [0.25, 0.3) is 0 Å². The van der Waals surface area contributed by atoms with E-state index in [9.17, 15) is 0 Å². The van der Waals surface area contributed by atoms with Crippen LogP contribution in [0, 0.1) is 0 Å². The molecular formula is C12H20N2O2. The van der Waals surface area contributed by atoms with Crippen LogP contribution in [0.3, 0.4) is 0 Å². The van der Waals surface area contributed by atoms with Gasteiger partial charge in [-0.05, 0) is 25.8 Å². The maximum Gasteiger partial charge on any atom is 0.181 e. The van der Waals surface area contributed by atoms with Gasteiger partial charge in [0.1, 0.15) is 5.76 Å². The van der Waals surface area contributed by atoms with Crippen LogP contribution in [-0.4, -0.2) is 24.7 Å². The van der Waals surface area contributed by atoms with E-state index in [1.807, 2.05) is 0 Å². The first kappa shape index (κ1) is 11.6. The van der Waals surface area contributed by atoms with Crippen LogP contribution in [-0.2, 0) is 11.3 Å². The maximum atomic E-state index is 5.53. The highest BCUT2D eigenvalue weighted by Gasteiger charge is 2.22. The van der Waals surface area contributed by atoms with Gasteiger partial charge in [-0.25, -0.2) is 4.98 Å². The molecule has 4 nitrogen and oxygen atoms in total. The normalized spacial score (nSPS) is 17.8. The molecule has 1 saturated heterocycles. The zero-order valence-electron chi connectivity index (χ0n) is 9.87. The lowest BCUT2D eigenvalue weighted by Crippen LogP contribution is -2.18. The predicted molar refractivity (Wildman–Crippen MR) is 61.3 cm³/mol. The highest BCUT2D eigenvalue weighted by atomic mass is 16.5. The van der Waals surface area contributed by atoms with Crippen molar-refractivity contribution in [1.82, 2.24) is 10.3 Å². The highest BCUT2D eigenvalue weighted by Crippen LogP contribution is 2.28. The Kier molecular flexibility index (Phi) is 4.36. The Hall–Kier alpha value is -0.870. The summed E-state index contributed by atoms with van der Waals surface area (Å²) in [6.45, 7) is 5.69. The summed E-state index contributed by atoms with van der Waals surface area (Å²) in [5, 5.41) is 3.36. The van der Waals surface area contributed by atoms with Crippen molar-refractivity contribution >= 4 is 0 Å². The smallest absolute Gasteiger partial charge is 0.181 e. The van der Waals surface area contributed by atoms with Crippen molar-refractivity contribution in [3.63, 3.8) is 0 Å². The molecule has 0 radical (unpaired) electrons. The summed E-state index contributed by atoms with van der Waals surface area (Å²) in [5.74, 6) is 1.56. The van der Waals surface area contributed by atoms with Crippen molar-refractivity contribution < 1.29 is 9.15 Å². The van der Waals surface area contributed by atoms with Gasteiger partial charge >= 0.3 is 0 Å². The van der Waals surface area contributed by atoms with Gasteiger partial charge < -0.3 is 14.5 Å². The van der Waals surface area contributed by atoms with E-state index >= 15 is 0 Å². The van der Waals surface area contributed by atoms with Gasteiger partial charge in [-0.15, -0.1) is 0 Å². The van der Waals surface area contributed by atoms with Crippen molar-refractivity contribution in [2.75, 3.05) is 19.8 Å². The Morgan fingerprint density at radius 1 is 1.44 bits per heavy atom. The van der Waals surface area contributed by atoms with E-state index in [0.717, 1.165) is 57.0 Å². The maximum absolute atomic E-state index is 5.53. The first-order chi connectivity index (χ1) is 7.92. The molecule has 0 aliphatic carbocycles. The third-order valence-electron chi connectivity index (χ3n) is 2.98. The molecule has 1 aliphatic heterocycles. The van der Waals surface area contributed by atoms with Crippen LogP contribution >= 0.6 is 0 Å². The summed E-state index contributed by atoms with van der Waals surface area (Å²) in [5.41, 5.74) is 1.07. The summed E-state index contributed by atoms with van der Waals surface area (Å²) >= 11 is 0. The van der Waals surface area contributed by atoms with E-state index in [1.54, 1.807) is 6.39 Å². The molecule has 1 aromatic heterocycles. The molecule has 0 saturated carbocycles. The van der Waals surface area contributed by atoms with Crippen molar-refractivity contribution in [3.05, 3.63) is 17.8 Å². The van der Waals surface area contributed by atoms with Crippen LogP contribution < -0.4 is 5.32 Å². The summed E-state index contributed by atoms with van der Waals surface area (Å²) < 4.78 is 10.9. The molecule has 1 aromatic rings. The van der Waals surface area contributed by atoms with E-state index in [4.69, 9.17) is 9.15 Å². The average molecular weight is 224 g/mol. The fraction of sp³-hybridized carbons (Fsp3) is 0.750. The minimum absolute atomic E-state index is 0.495. The molecule has 2 rings (SSSR count). The highest BCUT2D eigenvalue weighted by molar-refractivity contribution is 5.13. The summed E-state index contributed by atoms with van der Waals surface area (Å²) in [6.07, 6.45) is 4.81. The molecule has 2 heterocycles. The zero-order chi connectivity index (χ0) is 11.2. The van der Waals surface area contributed by atoms with Crippen LogP contribution in [0.15, 0.2) is 10.8 Å². The molecule has 1 N–H and O–H groups in total. The summed E-state index contributed by atoms with van der Waals surface area (Å²) in [4.78, 5) is 4.29. The van der Waals surface area contributed by atoms with E-state index in [2.05, 4.69) is 17.2 Å². The van der Waals surface area contributed by atoms with E-state index in [1.165, 1.54) is 0 Å². The van der Waals surface area contributed by atoms with E-state index < -0.39 is 0 Å². The number of aromatic nitrogens is 1. The first-order valence-corrected chi connectivity index (χ1v) is 6.12. The van der Waals surface area contributed by atoms with Crippen LogP contribution in [0.2, 0.25) is 0 Å². The molecule has 4 heteroatoms. The van der Waals surface area contributed by atoms with Crippen molar-refractivity contribution in [3.8, 4) is 0 Å². The van der Waals surface area contributed by atoms with Crippen molar-refractivity contribution in [2.45, 2.75) is 38.6 Å². The molecular weight excluding hydrogens is 204 g/mol. The first-order valence-electron chi connectivity index (χ1n) is 6.12. The fourth-order valence-electron chi connectivity index (χ4n) is 2.09. The minimum atomic E-state index is 0.495. The largest absolute Gasteiger partial charge is 0.448 e. The summed E-state index contributed by atoms with van der Waals surface area (Å²) in [7, 11) is 0.